The second-order valence-corrected chi connectivity index (χ2v) is 11.3. The molecule has 0 bridgehead atoms. The number of aromatic amines is 1. The van der Waals surface area contributed by atoms with Gasteiger partial charge >= 0.3 is 7.60 Å². The molecule has 1 heterocycles. The molecule has 194 valence electrons. The van der Waals surface area contributed by atoms with Crippen molar-refractivity contribution < 1.29 is 23.9 Å². The predicted octanol–water partition coefficient (Wildman–Crippen LogP) is 2.82. The van der Waals surface area contributed by atoms with Gasteiger partial charge in [-0.3, -0.25) is 19.5 Å². The Bertz CT molecular complexity index is 1210. The first-order chi connectivity index (χ1) is 17.0. The summed E-state index contributed by atoms with van der Waals surface area (Å²) in [7, 11) is -4.56. The highest BCUT2D eigenvalue weighted by Gasteiger charge is 2.34. The monoisotopic (exact) mass is 514 g/mol. The number of amides is 2. The number of nitrogens with two attached hydrogens (primary N) is 1. The van der Waals surface area contributed by atoms with Crippen LogP contribution < -0.4 is 16.4 Å². The second kappa shape index (κ2) is 12.3. The summed E-state index contributed by atoms with van der Waals surface area (Å²) < 4.78 is 12.3. The smallest absolute Gasteiger partial charge is 0.342 e. The van der Waals surface area contributed by atoms with Crippen LogP contribution in [-0.2, 0) is 27.0 Å². The van der Waals surface area contributed by atoms with Crippen LogP contribution in [-0.4, -0.2) is 44.5 Å². The molecule has 2 amide bonds. The van der Waals surface area contributed by atoms with E-state index in [2.05, 4.69) is 15.6 Å². The minimum Gasteiger partial charge on any atom is -0.368 e. The molecule has 0 saturated heterocycles. The molecule has 7 N–H and O–H groups in total. The highest BCUT2D eigenvalue weighted by Crippen LogP contribution is 2.42. The number of carbonyl (C=O) groups is 2. The summed E-state index contributed by atoms with van der Waals surface area (Å²) in [6.07, 6.45) is 2.88. The number of carbonyl (C=O) groups excluding carboxylic acids is 2. The highest BCUT2D eigenvalue weighted by molar-refractivity contribution is 7.52. The van der Waals surface area contributed by atoms with Crippen molar-refractivity contribution in [2.45, 2.75) is 57.4 Å². The van der Waals surface area contributed by atoms with E-state index >= 15 is 0 Å². The highest BCUT2D eigenvalue weighted by atomic mass is 31.2. The first-order valence-electron chi connectivity index (χ1n) is 12.0. The maximum absolute atomic E-state index is 13.3. The number of fused-ring (bicyclic) bond motifs is 1. The van der Waals surface area contributed by atoms with Gasteiger partial charge in [0.05, 0.1) is 6.04 Å². The topological polar surface area (TPSA) is 158 Å². The lowest BCUT2D eigenvalue weighted by Gasteiger charge is -2.28. The Kier molecular flexibility index (Phi) is 9.45. The molecular weight excluding hydrogens is 479 g/mol. The van der Waals surface area contributed by atoms with Gasteiger partial charge in [-0.05, 0) is 42.4 Å². The van der Waals surface area contributed by atoms with E-state index in [0.717, 1.165) is 22.0 Å². The van der Waals surface area contributed by atoms with Crippen LogP contribution in [0, 0.1) is 5.92 Å². The van der Waals surface area contributed by atoms with E-state index in [0.29, 0.717) is 12.8 Å². The minimum absolute atomic E-state index is 0.0560. The van der Waals surface area contributed by atoms with Crippen LogP contribution >= 0.6 is 7.60 Å². The molecule has 0 aliphatic carbocycles. The summed E-state index contributed by atoms with van der Waals surface area (Å²) in [5.41, 5.74) is 8.30. The number of aromatic nitrogens is 1. The Morgan fingerprint density at radius 3 is 2.33 bits per heavy atom. The van der Waals surface area contributed by atoms with Crippen LogP contribution in [0.5, 0.6) is 0 Å². The number of rotatable bonds is 13. The van der Waals surface area contributed by atoms with Crippen molar-refractivity contribution in [2.75, 3.05) is 0 Å². The maximum atomic E-state index is 13.3. The van der Waals surface area contributed by atoms with Crippen molar-refractivity contribution in [1.82, 2.24) is 15.6 Å². The van der Waals surface area contributed by atoms with Gasteiger partial charge in [-0.2, -0.15) is 0 Å². The van der Waals surface area contributed by atoms with Crippen LogP contribution in [0.1, 0.15) is 37.8 Å². The Hall–Kier alpha value is -2.97. The zero-order chi connectivity index (χ0) is 26.3. The number of nitrogens with one attached hydrogen (secondary N) is 3. The molecule has 3 atom stereocenters. The largest absolute Gasteiger partial charge is 0.368 e. The average Bonchev–Trinajstić information content (AvgIpc) is 3.23. The summed E-state index contributed by atoms with van der Waals surface area (Å²) >= 11 is 0. The maximum Gasteiger partial charge on any atom is 0.342 e. The Morgan fingerprint density at radius 2 is 1.69 bits per heavy atom. The first kappa shape index (κ1) is 27.6. The van der Waals surface area contributed by atoms with Crippen molar-refractivity contribution >= 4 is 30.3 Å². The Labute approximate surface area is 211 Å². The third-order valence-electron chi connectivity index (χ3n) is 6.13. The zero-order valence-electron chi connectivity index (χ0n) is 20.6. The van der Waals surface area contributed by atoms with Crippen molar-refractivity contribution in [3.8, 4) is 0 Å². The number of para-hydroxylation sites is 1. The molecule has 1 unspecified atom stereocenters. The van der Waals surface area contributed by atoms with Gasteiger partial charge in [-0.15, -0.1) is 0 Å². The number of benzene rings is 2. The van der Waals surface area contributed by atoms with Crippen LogP contribution in [0.15, 0.2) is 60.8 Å². The van der Waals surface area contributed by atoms with E-state index in [9.17, 15) is 23.9 Å². The molecule has 10 heteroatoms. The molecule has 3 aromatic rings. The van der Waals surface area contributed by atoms with Gasteiger partial charge in [0, 0.05) is 23.5 Å². The van der Waals surface area contributed by atoms with Gasteiger partial charge in [-0.1, -0.05) is 62.4 Å². The molecule has 0 aliphatic heterocycles. The lowest BCUT2D eigenvalue weighted by molar-refractivity contribution is -0.129. The van der Waals surface area contributed by atoms with E-state index in [4.69, 9.17) is 5.73 Å². The first-order valence-corrected chi connectivity index (χ1v) is 13.7. The molecule has 9 nitrogen and oxygen atoms in total. The lowest BCUT2D eigenvalue weighted by Crippen LogP contribution is -2.54. The van der Waals surface area contributed by atoms with Crippen LogP contribution in [0.3, 0.4) is 0 Å². The second-order valence-electron chi connectivity index (χ2n) is 9.51. The SMILES string of the molecule is CC(C)C[C@H](NC(CCc1ccccc1)P(=O)(O)O)C(=O)N[C@@H](Cc1c[nH]c2ccccc12)C(N)=O. The van der Waals surface area contributed by atoms with E-state index in [1.165, 1.54) is 0 Å². The van der Waals surface area contributed by atoms with Crippen molar-refractivity contribution in [3.63, 3.8) is 0 Å². The number of H-pyrrole nitrogens is 1. The third-order valence-corrected chi connectivity index (χ3v) is 7.35. The molecule has 36 heavy (non-hydrogen) atoms. The van der Waals surface area contributed by atoms with Gasteiger partial charge < -0.3 is 25.8 Å². The van der Waals surface area contributed by atoms with Gasteiger partial charge in [0.15, 0.2) is 0 Å². The fraction of sp³-hybridized carbons (Fsp3) is 0.385. The van der Waals surface area contributed by atoms with Gasteiger partial charge in [0.2, 0.25) is 11.8 Å². The molecule has 1 aromatic heterocycles. The van der Waals surface area contributed by atoms with E-state index in [1.807, 2.05) is 68.4 Å². The molecule has 3 rings (SSSR count). The lowest BCUT2D eigenvalue weighted by atomic mass is 10.0. The Morgan fingerprint density at radius 1 is 1.03 bits per heavy atom. The van der Waals surface area contributed by atoms with Gasteiger partial charge in [0.1, 0.15) is 11.8 Å². The third kappa shape index (κ3) is 7.77. The van der Waals surface area contributed by atoms with Crippen LogP contribution in [0.4, 0.5) is 0 Å². The standard InChI is InChI=1S/C26H35N4O5P/c1-17(2)14-23(29-24(36(33,34)35)13-12-18-8-4-3-5-9-18)26(32)30-22(25(27)31)15-19-16-28-21-11-7-6-10-20(19)21/h3-11,16-17,22-24,28-29H,12-15H2,1-2H3,(H2,27,31)(H,30,32)(H2,33,34,35)/t22-,23-,24?/m0/s1. The summed E-state index contributed by atoms with van der Waals surface area (Å²) in [4.78, 5) is 48.7. The van der Waals surface area contributed by atoms with Crippen LogP contribution in [0.25, 0.3) is 10.9 Å². The quantitative estimate of drug-likeness (QED) is 0.193. The predicted molar refractivity (Wildman–Crippen MR) is 140 cm³/mol. The van der Waals surface area contributed by atoms with Crippen molar-refractivity contribution in [2.24, 2.45) is 11.7 Å². The molecule has 0 radical (unpaired) electrons. The van der Waals surface area contributed by atoms with E-state index in [-0.39, 0.29) is 18.8 Å². The van der Waals surface area contributed by atoms with E-state index < -0.39 is 37.3 Å². The fourth-order valence-electron chi connectivity index (χ4n) is 4.27. The molecule has 0 fully saturated rings. The molecule has 0 aliphatic rings. The summed E-state index contributed by atoms with van der Waals surface area (Å²) in [5, 5.41) is 6.54. The zero-order valence-corrected chi connectivity index (χ0v) is 21.4. The Balaban J connectivity index is 1.75. The minimum atomic E-state index is -4.56. The number of primary amides is 1. The normalized spacial score (nSPS) is 14.5. The van der Waals surface area contributed by atoms with E-state index in [1.54, 1.807) is 6.20 Å². The molecule has 0 saturated carbocycles. The van der Waals surface area contributed by atoms with Crippen LogP contribution in [0.2, 0.25) is 0 Å². The van der Waals surface area contributed by atoms with Gasteiger partial charge in [-0.25, -0.2) is 0 Å². The fourth-order valence-corrected chi connectivity index (χ4v) is 5.11. The molecular formula is C26H35N4O5P. The summed E-state index contributed by atoms with van der Waals surface area (Å²) in [6, 6.07) is 15.1. The van der Waals surface area contributed by atoms with Crippen molar-refractivity contribution in [3.05, 3.63) is 71.9 Å². The molecule has 0 spiro atoms. The van der Waals surface area contributed by atoms with Gasteiger partial charge in [0.25, 0.3) is 0 Å². The summed E-state index contributed by atoms with van der Waals surface area (Å²) in [6.45, 7) is 3.83. The summed E-state index contributed by atoms with van der Waals surface area (Å²) in [5.74, 6) is -2.37. The molecule has 2 aromatic carbocycles. The number of hydrogen-bond acceptors (Lipinski definition) is 4. The number of hydrogen-bond donors (Lipinski definition) is 6. The van der Waals surface area contributed by atoms with Crippen molar-refractivity contribution in [1.29, 1.82) is 0 Å². The average molecular weight is 515 g/mol. The number of aryl methyl sites for hydroxylation is 1.